The number of pyridine rings is 1. The normalized spacial score (nSPS) is 15.6. The van der Waals surface area contributed by atoms with E-state index in [1.165, 1.54) is 13.2 Å². The Balaban J connectivity index is 1.51. The first-order valence-corrected chi connectivity index (χ1v) is 12.0. The Morgan fingerprint density at radius 1 is 1.17 bits per heavy atom. The molecule has 1 fully saturated rings. The van der Waals surface area contributed by atoms with Gasteiger partial charge in [-0.3, -0.25) is 18.9 Å². The van der Waals surface area contributed by atoms with Gasteiger partial charge in [0.2, 0.25) is 5.91 Å². The fourth-order valence-corrected chi connectivity index (χ4v) is 4.97. The van der Waals surface area contributed by atoms with E-state index in [4.69, 9.17) is 21.1 Å². The second-order valence-electron chi connectivity index (χ2n) is 8.50. The molecule has 1 atom stereocenters. The molecule has 0 bridgehead atoms. The van der Waals surface area contributed by atoms with Crippen molar-refractivity contribution in [1.82, 2.24) is 19.0 Å². The third-order valence-electron chi connectivity index (χ3n) is 6.38. The van der Waals surface area contributed by atoms with Gasteiger partial charge in [0.15, 0.2) is 11.5 Å². The molecule has 0 aliphatic carbocycles. The zero-order valence-corrected chi connectivity index (χ0v) is 20.5. The lowest BCUT2D eigenvalue weighted by Crippen LogP contribution is -2.42. The van der Waals surface area contributed by atoms with Crippen molar-refractivity contribution in [2.75, 3.05) is 20.2 Å². The van der Waals surface area contributed by atoms with Crippen molar-refractivity contribution >= 4 is 28.5 Å². The monoisotopic (exact) mass is 504 g/mol. The molecule has 0 N–H and O–H groups in total. The number of carbonyl (C=O) groups is 1. The topological polar surface area (TPSA) is 78.6 Å². The number of carbonyl (C=O) groups excluding carboxylic acids is 1. The summed E-state index contributed by atoms with van der Waals surface area (Å²) in [7, 11) is 1.53. The molecule has 0 radical (unpaired) electrons. The zero-order valence-electron chi connectivity index (χ0n) is 19.8. The van der Waals surface area contributed by atoms with Gasteiger partial charge in [-0.2, -0.15) is 0 Å². The van der Waals surface area contributed by atoms with Crippen LogP contribution >= 0.6 is 11.6 Å². The standard InChI is InChI=1S/C27H25ClN4O4/c1-3-25(33)30-15-5-6-19(17-30)32-22-13-14-29-16-23(22)31(27(32)34)18-9-11-20(12-10-18)36-24-8-4-7-21(28)26(24)35-2/h3-4,7-14,16,19H,1,5-6,15,17H2,2H3. The molecule has 2 aromatic heterocycles. The number of ether oxygens (including phenoxy) is 2. The molecule has 1 unspecified atom stereocenters. The molecule has 4 aromatic rings. The van der Waals surface area contributed by atoms with E-state index in [1.54, 1.807) is 56.8 Å². The summed E-state index contributed by atoms with van der Waals surface area (Å²) in [5.41, 5.74) is 1.97. The molecule has 0 spiro atoms. The first-order valence-electron chi connectivity index (χ1n) is 11.6. The Hall–Kier alpha value is -4.04. The summed E-state index contributed by atoms with van der Waals surface area (Å²) in [6.07, 6.45) is 6.29. The quantitative estimate of drug-likeness (QED) is 0.346. The van der Waals surface area contributed by atoms with Gasteiger partial charge >= 0.3 is 5.69 Å². The summed E-state index contributed by atoms with van der Waals surface area (Å²) in [6.45, 7) is 4.72. The number of hydrogen-bond donors (Lipinski definition) is 0. The van der Waals surface area contributed by atoms with Crippen LogP contribution in [0.1, 0.15) is 18.9 Å². The van der Waals surface area contributed by atoms with Crippen molar-refractivity contribution in [3.63, 3.8) is 0 Å². The summed E-state index contributed by atoms with van der Waals surface area (Å²) in [5, 5.41) is 0.453. The van der Waals surface area contributed by atoms with E-state index in [0.717, 1.165) is 18.4 Å². The van der Waals surface area contributed by atoms with Crippen LogP contribution in [0.25, 0.3) is 16.7 Å². The van der Waals surface area contributed by atoms with E-state index < -0.39 is 0 Å². The Morgan fingerprint density at radius 3 is 2.72 bits per heavy atom. The summed E-state index contributed by atoms with van der Waals surface area (Å²) >= 11 is 6.20. The Kier molecular flexibility index (Phi) is 6.52. The van der Waals surface area contributed by atoms with Gasteiger partial charge in [0.05, 0.1) is 41.1 Å². The molecule has 9 heteroatoms. The van der Waals surface area contributed by atoms with Gasteiger partial charge in [0.1, 0.15) is 5.75 Å². The first kappa shape index (κ1) is 23.7. The van der Waals surface area contributed by atoms with Crippen molar-refractivity contribution in [2.24, 2.45) is 0 Å². The van der Waals surface area contributed by atoms with Crippen LogP contribution in [0.15, 0.2) is 78.4 Å². The SMILES string of the molecule is C=CC(=O)N1CCCC(n2c(=O)n(-c3ccc(Oc4cccc(Cl)c4OC)cc3)c3cnccc32)C1. The fraction of sp³-hybridized carbons (Fsp3) is 0.222. The van der Waals surface area contributed by atoms with E-state index in [1.807, 2.05) is 18.2 Å². The number of benzene rings is 2. The molecule has 3 heterocycles. The average molecular weight is 505 g/mol. The van der Waals surface area contributed by atoms with Crippen LogP contribution in [-0.4, -0.2) is 45.1 Å². The number of rotatable bonds is 6. The number of aromatic nitrogens is 3. The smallest absolute Gasteiger partial charge is 0.334 e. The van der Waals surface area contributed by atoms with Crippen molar-refractivity contribution < 1.29 is 14.3 Å². The number of piperidine rings is 1. The molecular weight excluding hydrogens is 480 g/mol. The Morgan fingerprint density at radius 2 is 1.97 bits per heavy atom. The highest BCUT2D eigenvalue weighted by Crippen LogP contribution is 2.37. The molecule has 8 nitrogen and oxygen atoms in total. The highest BCUT2D eigenvalue weighted by atomic mass is 35.5. The first-order chi connectivity index (χ1) is 17.5. The molecule has 1 aliphatic rings. The minimum atomic E-state index is -0.180. The van der Waals surface area contributed by atoms with Crippen molar-refractivity contribution in [2.45, 2.75) is 18.9 Å². The number of imidazole rings is 1. The molecule has 184 valence electrons. The van der Waals surface area contributed by atoms with Gasteiger partial charge in [-0.1, -0.05) is 24.2 Å². The van der Waals surface area contributed by atoms with Crippen LogP contribution in [0.4, 0.5) is 0 Å². The molecule has 5 rings (SSSR count). The van der Waals surface area contributed by atoms with Crippen LogP contribution in [-0.2, 0) is 4.79 Å². The predicted molar refractivity (Wildman–Crippen MR) is 138 cm³/mol. The predicted octanol–water partition coefficient (Wildman–Crippen LogP) is 4.99. The van der Waals surface area contributed by atoms with E-state index in [-0.39, 0.29) is 17.6 Å². The summed E-state index contributed by atoms with van der Waals surface area (Å²) < 4.78 is 14.7. The maximum absolute atomic E-state index is 13.7. The number of amides is 1. The molecule has 0 saturated carbocycles. The second-order valence-corrected chi connectivity index (χ2v) is 8.91. The largest absolute Gasteiger partial charge is 0.491 e. The van der Waals surface area contributed by atoms with Gasteiger partial charge < -0.3 is 14.4 Å². The van der Waals surface area contributed by atoms with Crippen LogP contribution in [0.5, 0.6) is 17.2 Å². The van der Waals surface area contributed by atoms with Gasteiger partial charge in [0, 0.05) is 19.3 Å². The minimum Gasteiger partial charge on any atom is -0.491 e. The molecule has 1 aliphatic heterocycles. The van der Waals surface area contributed by atoms with Gasteiger partial charge in [0.25, 0.3) is 0 Å². The lowest BCUT2D eigenvalue weighted by atomic mass is 10.1. The number of fused-ring (bicyclic) bond motifs is 1. The maximum Gasteiger partial charge on any atom is 0.334 e. The van der Waals surface area contributed by atoms with Gasteiger partial charge in [-0.05, 0) is 61.4 Å². The highest BCUT2D eigenvalue weighted by molar-refractivity contribution is 6.32. The number of halogens is 1. The fourth-order valence-electron chi connectivity index (χ4n) is 4.72. The Bertz CT molecular complexity index is 1490. The molecule has 36 heavy (non-hydrogen) atoms. The minimum absolute atomic E-state index is 0.120. The van der Waals surface area contributed by atoms with Crippen LogP contribution in [0.3, 0.4) is 0 Å². The Labute approximate surface area is 212 Å². The molecule has 1 amide bonds. The van der Waals surface area contributed by atoms with Crippen LogP contribution in [0.2, 0.25) is 5.02 Å². The van der Waals surface area contributed by atoms with E-state index >= 15 is 0 Å². The highest BCUT2D eigenvalue weighted by Gasteiger charge is 2.27. The zero-order chi connectivity index (χ0) is 25.2. The summed E-state index contributed by atoms with van der Waals surface area (Å²) in [5.74, 6) is 1.39. The molecule has 2 aromatic carbocycles. The lowest BCUT2D eigenvalue weighted by Gasteiger charge is -2.32. The third-order valence-corrected chi connectivity index (χ3v) is 6.68. The summed E-state index contributed by atoms with van der Waals surface area (Å²) in [6, 6.07) is 14.2. The number of methoxy groups -OCH3 is 1. The maximum atomic E-state index is 13.7. The van der Waals surface area contributed by atoms with Crippen LogP contribution < -0.4 is 15.2 Å². The van der Waals surface area contributed by atoms with E-state index in [2.05, 4.69) is 11.6 Å². The number of likely N-dealkylation sites (tertiary alicyclic amines) is 1. The third kappa shape index (κ3) is 4.24. The second kappa shape index (κ2) is 9.91. The lowest BCUT2D eigenvalue weighted by molar-refractivity contribution is -0.127. The average Bonchev–Trinajstić information content (AvgIpc) is 3.20. The van der Waals surface area contributed by atoms with E-state index in [0.29, 0.717) is 46.6 Å². The number of nitrogens with zero attached hydrogens (tertiary/aromatic N) is 4. The van der Waals surface area contributed by atoms with Gasteiger partial charge in [-0.15, -0.1) is 0 Å². The van der Waals surface area contributed by atoms with Crippen molar-refractivity contribution in [1.29, 1.82) is 0 Å². The number of hydrogen-bond acceptors (Lipinski definition) is 5. The molecule has 1 saturated heterocycles. The van der Waals surface area contributed by atoms with Gasteiger partial charge in [-0.25, -0.2) is 4.79 Å². The van der Waals surface area contributed by atoms with E-state index in [9.17, 15) is 9.59 Å². The van der Waals surface area contributed by atoms with Crippen molar-refractivity contribution in [3.05, 3.63) is 89.1 Å². The molecular formula is C27H25ClN4O4. The van der Waals surface area contributed by atoms with Crippen LogP contribution in [0, 0.1) is 0 Å². The number of para-hydroxylation sites is 1. The van der Waals surface area contributed by atoms with Crippen molar-refractivity contribution in [3.8, 4) is 22.9 Å². The summed E-state index contributed by atoms with van der Waals surface area (Å²) in [4.78, 5) is 32.0.